The lowest BCUT2D eigenvalue weighted by Gasteiger charge is -2.08. The number of para-hydroxylation sites is 2. The Morgan fingerprint density at radius 3 is 2.65 bits per heavy atom. The van der Waals surface area contributed by atoms with E-state index in [2.05, 4.69) is 5.10 Å². The summed E-state index contributed by atoms with van der Waals surface area (Å²) in [6, 6.07) is 7.19. The second kappa shape index (κ2) is 4.17. The van der Waals surface area contributed by atoms with Crippen LogP contribution in [-0.2, 0) is 0 Å². The maximum atomic E-state index is 10.8. The first-order chi connectivity index (χ1) is 8.19. The molecule has 0 unspecified atom stereocenters. The first-order valence-corrected chi connectivity index (χ1v) is 4.91. The van der Waals surface area contributed by atoms with Crippen LogP contribution in [0, 0.1) is 0 Å². The van der Waals surface area contributed by atoms with Crippen LogP contribution in [0.15, 0.2) is 24.3 Å². The van der Waals surface area contributed by atoms with Crippen molar-refractivity contribution in [2.45, 2.75) is 0 Å². The Hall–Kier alpha value is -2.50. The van der Waals surface area contributed by atoms with E-state index in [0.29, 0.717) is 17.7 Å². The van der Waals surface area contributed by atoms with Crippen LogP contribution in [0.1, 0.15) is 10.4 Å². The fourth-order valence-corrected chi connectivity index (χ4v) is 1.57. The molecule has 0 saturated heterocycles. The second-order valence-corrected chi connectivity index (χ2v) is 3.39. The molecule has 0 bridgehead atoms. The molecule has 88 valence electrons. The predicted octanol–water partition coefficient (Wildman–Crippen LogP) is 0.858. The third-order valence-electron chi connectivity index (χ3n) is 2.42. The molecule has 2 rings (SSSR count). The number of nitrogen functional groups attached to an aromatic ring is 2. The van der Waals surface area contributed by atoms with Crippen molar-refractivity contribution < 1.29 is 9.53 Å². The number of hydrogen-bond acceptors (Lipinski definition) is 5. The number of nitrogens with zero attached hydrogens (tertiary/aromatic N) is 2. The molecule has 1 aromatic heterocycles. The average molecular weight is 232 g/mol. The fraction of sp³-hybridized carbons (Fsp3) is 0.0909. The Morgan fingerprint density at radius 2 is 2.06 bits per heavy atom. The van der Waals surface area contributed by atoms with Crippen LogP contribution in [0.5, 0.6) is 5.75 Å². The van der Waals surface area contributed by atoms with E-state index in [1.165, 1.54) is 4.68 Å². The third-order valence-corrected chi connectivity index (χ3v) is 2.42. The Kier molecular flexibility index (Phi) is 2.70. The van der Waals surface area contributed by atoms with Gasteiger partial charge in [0.05, 0.1) is 7.11 Å². The molecule has 0 radical (unpaired) electrons. The summed E-state index contributed by atoms with van der Waals surface area (Å²) >= 11 is 0. The molecule has 0 spiro atoms. The van der Waals surface area contributed by atoms with Crippen molar-refractivity contribution in [2.24, 2.45) is 0 Å². The predicted molar refractivity (Wildman–Crippen MR) is 64.3 cm³/mol. The molecule has 0 fully saturated rings. The van der Waals surface area contributed by atoms with Crippen LogP contribution >= 0.6 is 0 Å². The van der Waals surface area contributed by atoms with Gasteiger partial charge in [0.2, 0.25) is 0 Å². The Bertz CT molecular complexity index is 563. The summed E-state index contributed by atoms with van der Waals surface area (Å²) in [5, 5.41) is 4.02. The molecular weight excluding hydrogens is 220 g/mol. The molecule has 0 aliphatic heterocycles. The van der Waals surface area contributed by atoms with Gasteiger partial charge in [0.1, 0.15) is 22.8 Å². The minimum Gasteiger partial charge on any atom is -0.494 e. The van der Waals surface area contributed by atoms with E-state index in [-0.39, 0.29) is 17.2 Å². The Balaban J connectivity index is 2.64. The number of nitrogens with two attached hydrogens (primary N) is 2. The van der Waals surface area contributed by atoms with E-state index >= 15 is 0 Å². The molecule has 0 atom stereocenters. The molecule has 0 amide bonds. The number of methoxy groups -OCH3 is 1. The third kappa shape index (κ3) is 1.69. The normalized spacial score (nSPS) is 10.2. The smallest absolute Gasteiger partial charge is 0.158 e. The molecule has 17 heavy (non-hydrogen) atoms. The number of ether oxygens (including phenoxy) is 1. The van der Waals surface area contributed by atoms with Gasteiger partial charge in [0, 0.05) is 0 Å². The number of rotatable bonds is 3. The van der Waals surface area contributed by atoms with Gasteiger partial charge in [-0.3, -0.25) is 4.79 Å². The van der Waals surface area contributed by atoms with E-state index in [1.54, 1.807) is 19.2 Å². The van der Waals surface area contributed by atoms with Crippen LogP contribution < -0.4 is 16.2 Å². The summed E-state index contributed by atoms with van der Waals surface area (Å²) < 4.78 is 6.58. The van der Waals surface area contributed by atoms with E-state index in [9.17, 15) is 4.79 Å². The molecule has 6 nitrogen and oxygen atoms in total. The minimum absolute atomic E-state index is 0.100. The highest BCUT2D eigenvalue weighted by molar-refractivity contribution is 5.89. The summed E-state index contributed by atoms with van der Waals surface area (Å²) in [4.78, 5) is 10.8. The summed E-state index contributed by atoms with van der Waals surface area (Å²) in [7, 11) is 1.54. The average Bonchev–Trinajstić information content (AvgIpc) is 2.64. The number of carbonyl (C=O) groups excluding carboxylic acids is 1. The number of carbonyl (C=O) groups is 1. The zero-order valence-electron chi connectivity index (χ0n) is 9.25. The molecule has 0 saturated carbocycles. The van der Waals surface area contributed by atoms with Crippen molar-refractivity contribution in [3.8, 4) is 11.4 Å². The van der Waals surface area contributed by atoms with Crippen molar-refractivity contribution >= 4 is 17.9 Å². The summed E-state index contributed by atoms with van der Waals surface area (Å²) in [6.07, 6.45) is 0.587. The highest BCUT2D eigenvalue weighted by Gasteiger charge is 2.15. The largest absolute Gasteiger partial charge is 0.494 e. The lowest BCUT2D eigenvalue weighted by atomic mass is 10.3. The van der Waals surface area contributed by atoms with Gasteiger partial charge in [-0.15, -0.1) is 5.10 Å². The zero-order valence-corrected chi connectivity index (χ0v) is 9.25. The number of aromatic nitrogens is 2. The highest BCUT2D eigenvalue weighted by Crippen LogP contribution is 2.27. The van der Waals surface area contributed by atoms with Crippen LogP contribution in [0.2, 0.25) is 0 Å². The molecule has 1 heterocycles. The van der Waals surface area contributed by atoms with E-state index < -0.39 is 0 Å². The van der Waals surface area contributed by atoms with Crippen LogP contribution in [0.25, 0.3) is 5.69 Å². The maximum absolute atomic E-state index is 10.8. The number of benzene rings is 1. The van der Waals surface area contributed by atoms with Gasteiger partial charge in [-0.2, -0.15) is 0 Å². The van der Waals surface area contributed by atoms with Gasteiger partial charge >= 0.3 is 0 Å². The van der Waals surface area contributed by atoms with E-state index in [4.69, 9.17) is 16.2 Å². The summed E-state index contributed by atoms with van der Waals surface area (Å²) in [5.74, 6) is 0.893. The van der Waals surface area contributed by atoms with Crippen molar-refractivity contribution in [1.29, 1.82) is 0 Å². The molecule has 6 heteroatoms. The molecule has 1 aromatic carbocycles. The molecule has 0 aliphatic carbocycles. The van der Waals surface area contributed by atoms with Gasteiger partial charge < -0.3 is 16.2 Å². The van der Waals surface area contributed by atoms with E-state index in [1.807, 2.05) is 12.1 Å². The van der Waals surface area contributed by atoms with Crippen LogP contribution in [0.3, 0.4) is 0 Å². The molecule has 0 aliphatic rings. The van der Waals surface area contributed by atoms with Crippen molar-refractivity contribution in [3.63, 3.8) is 0 Å². The minimum atomic E-state index is 0.100. The highest BCUT2D eigenvalue weighted by atomic mass is 16.5. The number of hydrogen-bond donors (Lipinski definition) is 2. The van der Waals surface area contributed by atoms with E-state index in [0.717, 1.165) is 0 Å². The van der Waals surface area contributed by atoms with Crippen molar-refractivity contribution in [1.82, 2.24) is 9.78 Å². The van der Waals surface area contributed by atoms with Crippen molar-refractivity contribution in [3.05, 3.63) is 29.8 Å². The first-order valence-electron chi connectivity index (χ1n) is 4.91. The zero-order chi connectivity index (χ0) is 12.4. The van der Waals surface area contributed by atoms with Gasteiger partial charge in [0.25, 0.3) is 0 Å². The Morgan fingerprint density at radius 1 is 1.35 bits per heavy atom. The van der Waals surface area contributed by atoms with Gasteiger partial charge in [0.15, 0.2) is 12.1 Å². The lowest BCUT2D eigenvalue weighted by Crippen LogP contribution is -2.04. The van der Waals surface area contributed by atoms with Crippen LogP contribution in [-0.4, -0.2) is 23.2 Å². The standard InChI is InChI=1S/C11H12N4O2/c1-17-9-5-3-2-4-8(9)15-11(13)7(6-16)10(12)14-15/h2-6H,13H2,1H3,(H2,12,14). The molecule has 4 N–H and O–H groups in total. The number of aldehydes is 1. The first kappa shape index (κ1) is 11.0. The summed E-state index contributed by atoms with van der Waals surface area (Å²) in [5.41, 5.74) is 12.2. The lowest BCUT2D eigenvalue weighted by molar-refractivity contribution is 0.112. The second-order valence-electron chi connectivity index (χ2n) is 3.39. The van der Waals surface area contributed by atoms with Gasteiger partial charge in [-0.1, -0.05) is 12.1 Å². The molecule has 2 aromatic rings. The van der Waals surface area contributed by atoms with Crippen LogP contribution in [0.4, 0.5) is 11.6 Å². The topological polar surface area (TPSA) is 96.2 Å². The van der Waals surface area contributed by atoms with Gasteiger partial charge in [-0.05, 0) is 12.1 Å². The fourth-order valence-electron chi connectivity index (χ4n) is 1.57. The molecular formula is C11H12N4O2. The van der Waals surface area contributed by atoms with Gasteiger partial charge in [-0.25, -0.2) is 4.68 Å². The SMILES string of the molecule is COc1ccccc1-n1nc(N)c(C=O)c1N. The number of anilines is 2. The monoisotopic (exact) mass is 232 g/mol. The Labute approximate surface area is 97.8 Å². The quantitative estimate of drug-likeness (QED) is 0.765. The van der Waals surface area contributed by atoms with Crippen molar-refractivity contribution in [2.75, 3.05) is 18.6 Å². The maximum Gasteiger partial charge on any atom is 0.158 e. The summed E-state index contributed by atoms with van der Waals surface area (Å²) in [6.45, 7) is 0.